The van der Waals surface area contributed by atoms with Gasteiger partial charge in [0.15, 0.2) is 0 Å². The van der Waals surface area contributed by atoms with Gasteiger partial charge in [0.1, 0.15) is 0 Å². The number of hydrogen-bond donors (Lipinski definition) is 1. The third-order valence-electron chi connectivity index (χ3n) is 3.83. The topological polar surface area (TPSA) is 45.2 Å². The molecule has 1 atom stereocenters. The lowest BCUT2D eigenvalue weighted by molar-refractivity contribution is -0.118. The van der Waals surface area contributed by atoms with Gasteiger partial charge < -0.3 is 10.2 Å². The minimum Gasteiger partial charge on any atom is -0.309 e. The molecule has 4 nitrogen and oxygen atoms in total. The van der Waals surface area contributed by atoms with E-state index in [2.05, 4.69) is 17.2 Å². The van der Waals surface area contributed by atoms with Crippen LogP contribution in [-0.4, -0.2) is 30.0 Å². The second-order valence-corrected chi connectivity index (χ2v) is 5.66. The van der Waals surface area contributed by atoms with Crippen molar-refractivity contribution in [2.45, 2.75) is 25.8 Å². The van der Waals surface area contributed by atoms with Crippen LogP contribution in [0.2, 0.25) is 5.02 Å². The molecule has 2 aromatic rings. The Hall–Kier alpha value is -1.65. The molecule has 0 spiro atoms. The minimum atomic E-state index is -0.0839. The van der Waals surface area contributed by atoms with E-state index in [1.54, 1.807) is 6.20 Å². The minimum absolute atomic E-state index is 0.0839. The molecule has 21 heavy (non-hydrogen) atoms. The lowest BCUT2D eigenvalue weighted by Crippen LogP contribution is -2.38. The van der Waals surface area contributed by atoms with Gasteiger partial charge in [-0.1, -0.05) is 18.5 Å². The van der Waals surface area contributed by atoms with Crippen molar-refractivity contribution in [3.63, 3.8) is 0 Å². The maximum Gasteiger partial charge on any atom is 0.244 e. The molecule has 1 aliphatic heterocycles. The van der Waals surface area contributed by atoms with E-state index < -0.39 is 0 Å². The first kappa shape index (κ1) is 14.3. The molecule has 1 fully saturated rings. The van der Waals surface area contributed by atoms with E-state index in [-0.39, 0.29) is 11.9 Å². The molecule has 0 aliphatic carbocycles. The summed E-state index contributed by atoms with van der Waals surface area (Å²) in [6, 6.07) is 7.43. The Morgan fingerprint density at radius 2 is 2.29 bits per heavy atom. The van der Waals surface area contributed by atoms with Gasteiger partial charge in [-0.2, -0.15) is 0 Å². The fourth-order valence-electron chi connectivity index (χ4n) is 2.77. The highest BCUT2D eigenvalue weighted by Crippen LogP contribution is 2.32. The predicted molar refractivity (Wildman–Crippen MR) is 85.8 cm³/mol. The van der Waals surface area contributed by atoms with Crippen molar-refractivity contribution in [1.82, 2.24) is 10.3 Å². The van der Waals surface area contributed by atoms with E-state index in [0.717, 1.165) is 36.0 Å². The molecule has 0 bridgehead atoms. The number of amides is 1. The Morgan fingerprint density at radius 1 is 1.43 bits per heavy atom. The molecule has 1 aromatic heterocycles. The van der Waals surface area contributed by atoms with Crippen molar-refractivity contribution in [3.05, 3.63) is 35.5 Å². The third-order valence-corrected chi connectivity index (χ3v) is 4.16. The molecule has 5 heteroatoms. The van der Waals surface area contributed by atoms with Gasteiger partial charge in [-0.15, -0.1) is 0 Å². The highest BCUT2D eigenvalue weighted by atomic mass is 35.5. The second-order valence-electron chi connectivity index (χ2n) is 5.25. The molecule has 1 N–H and O–H groups in total. The zero-order chi connectivity index (χ0) is 14.8. The SMILES string of the molecule is CCCNC1CCN(c2ccc(Cl)c3cccnc23)C1=O. The van der Waals surface area contributed by atoms with Crippen LogP contribution in [0.1, 0.15) is 19.8 Å². The number of benzene rings is 1. The van der Waals surface area contributed by atoms with Crippen molar-refractivity contribution in [1.29, 1.82) is 0 Å². The first-order valence-electron chi connectivity index (χ1n) is 7.30. The van der Waals surface area contributed by atoms with E-state index in [4.69, 9.17) is 11.6 Å². The maximum atomic E-state index is 12.5. The summed E-state index contributed by atoms with van der Waals surface area (Å²) in [7, 11) is 0. The van der Waals surface area contributed by atoms with Crippen LogP contribution in [0.25, 0.3) is 10.9 Å². The fraction of sp³-hybridized carbons (Fsp3) is 0.375. The predicted octanol–water partition coefficient (Wildman–Crippen LogP) is 2.99. The Labute approximate surface area is 129 Å². The van der Waals surface area contributed by atoms with Crippen LogP contribution < -0.4 is 10.2 Å². The van der Waals surface area contributed by atoms with E-state index >= 15 is 0 Å². The summed E-state index contributed by atoms with van der Waals surface area (Å²) in [6.45, 7) is 3.68. The van der Waals surface area contributed by atoms with Gasteiger partial charge in [-0.05, 0) is 43.7 Å². The van der Waals surface area contributed by atoms with Gasteiger partial charge in [0.2, 0.25) is 5.91 Å². The monoisotopic (exact) mass is 303 g/mol. The molecule has 3 rings (SSSR count). The van der Waals surface area contributed by atoms with Crippen LogP contribution >= 0.6 is 11.6 Å². The number of halogens is 1. The van der Waals surface area contributed by atoms with E-state index in [1.165, 1.54) is 0 Å². The number of nitrogens with one attached hydrogen (secondary N) is 1. The molecule has 1 aliphatic rings. The molecule has 110 valence electrons. The highest BCUT2D eigenvalue weighted by molar-refractivity contribution is 6.36. The highest BCUT2D eigenvalue weighted by Gasteiger charge is 2.33. The summed E-state index contributed by atoms with van der Waals surface area (Å²) in [5, 5.41) is 4.85. The molecule has 1 amide bonds. The van der Waals surface area contributed by atoms with E-state index in [9.17, 15) is 4.79 Å². The summed E-state index contributed by atoms with van der Waals surface area (Å²) >= 11 is 6.21. The van der Waals surface area contributed by atoms with Gasteiger partial charge in [-0.3, -0.25) is 9.78 Å². The second kappa shape index (κ2) is 6.00. The van der Waals surface area contributed by atoms with Crippen LogP contribution in [0.15, 0.2) is 30.5 Å². The summed E-state index contributed by atoms with van der Waals surface area (Å²) < 4.78 is 0. The lowest BCUT2D eigenvalue weighted by Gasteiger charge is -2.19. The normalized spacial score (nSPS) is 18.7. The third kappa shape index (κ3) is 2.61. The van der Waals surface area contributed by atoms with Gasteiger partial charge in [0, 0.05) is 18.1 Å². The van der Waals surface area contributed by atoms with Gasteiger partial charge in [-0.25, -0.2) is 0 Å². The maximum absolute atomic E-state index is 12.5. The Morgan fingerprint density at radius 3 is 3.10 bits per heavy atom. The van der Waals surface area contributed by atoms with E-state index in [1.807, 2.05) is 29.2 Å². The number of fused-ring (bicyclic) bond motifs is 1. The number of hydrogen-bond acceptors (Lipinski definition) is 3. The zero-order valence-corrected chi connectivity index (χ0v) is 12.7. The summed E-state index contributed by atoms with van der Waals surface area (Å²) in [4.78, 5) is 18.8. The molecule has 2 heterocycles. The van der Waals surface area contributed by atoms with Crippen LogP contribution in [0.5, 0.6) is 0 Å². The van der Waals surface area contributed by atoms with Crippen molar-refractivity contribution < 1.29 is 4.79 Å². The average molecular weight is 304 g/mol. The molecule has 1 saturated heterocycles. The average Bonchev–Trinajstić information content (AvgIpc) is 2.87. The number of pyridine rings is 1. The smallest absolute Gasteiger partial charge is 0.244 e. The summed E-state index contributed by atoms with van der Waals surface area (Å²) in [6.07, 6.45) is 3.58. The van der Waals surface area contributed by atoms with Crippen LogP contribution in [0, 0.1) is 0 Å². The molecule has 0 saturated carbocycles. The molecule has 1 unspecified atom stereocenters. The van der Waals surface area contributed by atoms with Gasteiger partial charge >= 0.3 is 0 Å². The fourth-order valence-corrected chi connectivity index (χ4v) is 2.98. The lowest BCUT2D eigenvalue weighted by atomic mass is 10.1. The number of anilines is 1. The van der Waals surface area contributed by atoms with Gasteiger partial charge in [0.25, 0.3) is 0 Å². The Bertz CT molecular complexity index is 674. The van der Waals surface area contributed by atoms with Crippen molar-refractivity contribution >= 4 is 34.1 Å². The standard InChI is InChI=1S/C16H18ClN3O/c1-2-8-18-13-7-10-20(16(13)21)14-6-5-12(17)11-4-3-9-19-15(11)14/h3-6,9,13,18H,2,7-8,10H2,1H3. The van der Waals surface area contributed by atoms with Crippen molar-refractivity contribution in [2.75, 3.05) is 18.0 Å². The zero-order valence-electron chi connectivity index (χ0n) is 12.0. The molecular formula is C16H18ClN3O. The van der Waals surface area contributed by atoms with Crippen LogP contribution in [0.3, 0.4) is 0 Å². The van der Waals surface area contributed by atoms with Crippen molar-refractivity contribution in [2.24, 2.45) is 0 Å². The first-order valence-corrected chi connectivity index (χ1v) is 7.68. The summed E-state index contributed by atoms with van der Waals surface area (Å²) in [5.41, 5.74) is 1.63. The van der Waals surface area contributed by atoms with E-state index in [0.29, 0.717) is 11.6 Å². The number of nitrogens with zero attached hydrogens (tertiary/aromatic N) is 2. The van der Waals surface area contributed by atoms with Crippen LogP contribution in [-0.2, 0) is 4.79 Å². The van der Waals surface area contributed by atoms with Crippen molar-refractivity contribution in [3.8, 4) is 0 Å². The Kier molecular flexibility index (Phi) is 4.08. The summed E-state index contributed by atoms with van der Waals surface area (Å²) in [5.74, 6) is 0.123. The first-order chi connectivity index (χ1) is 10.2. The number of carbonyl (C=O) groups is 1. The molecular weight excluding hydrogens is 286 g/mol. The van der Waals surface area contributed by atoms with Gasteiger partial charge in [0.05, 0.1) is 22.3 Å². The van der Waals surface area contributed by atoms with Crippen LogP contribution in [0.4, 0.5) is 5.69 Å². The quantitative estimate of drug-likeness (QED) is 0.944. The number of rotatable bonds is 4. The molecule has 0 radical (unpaired) electrons. The number of aromatic nitrogens is 1. The largest absolute Gasteiger partial charge is 0.309 e. The number of carbonyl (C=O) groups excluding carboxylic acids is 1. The molecule has 1 aromatic carbocycles. The Balaban J connectivity index is 1.95.